The fourth-order valence-corrected chi connectivity index (χ4v) is 1.22. The van der Waals surface area contributed by atoms with Crippen LogP contribution in [0.2, 0.25) is 0 Å². The molecule has 0 saturated carbocycles. The minimum absolute atomic E-state index is 0. The van der Waals surface area contributed by atoms with Crippen molar-refractivity contribution in [2.45, 2.75) is 45.4 Å². The second-order valence-corrected chi connectivity index (χ2v) is 3.96. The van der Waals surface area contributed by atoms with Gasteiger partial charge in [0.25, 0.3) is 0 Å². The van der Waals surface area contributed by atoms with Crippen LogP contribution in [0.3, 0.4) is 0 Å². The molecule has 0 unspecified atom stereocenters. The summed E-state index contributed by atoms with van der Waals surface area (Å²) in [4.78, 5) is 0. The maximum absolute atomic E-state index is 5.04. The first-order valence-electron chi connectivity index (χ1n) is 4.63. The molecule has 0 aliphatic heterocycles. The Hall–Kier alpha value is 1.88. The summed E-state index contributed by atoms with van der Waals surface area (Å²) in [5, 5.41) is 0. The van der Waals surface area contributed by atoms with Crippen LogP contribution in [0.25, 0.3) is 0 Å². The number of rotatable bonds is 7. The molecule has 13 heavy (non-hydrogen) atoms. The zero-order chi connectivity index (χ0) is 9.23. The molecule has 0 amide bonds. The fourth-order valence-electron chi connectivity index (χ4n) is 1.04. The molecule has 4 heteroatoms. The van der Waals surface area contributed by atoms with Gasteiger partial charge in [-0.05, 0) is 18.6 Å². The van der Waals surface area contributed by atoms with E-state index in [1.54, 1.807) is 0 Å². The molecular weight excluding hydrogens is 227 g/mol. The summed E-state index contributed by atoms with van der Waals surface area (Å²) in [6.07, 6.45) is 7.67. The number of hydrogen-bond acceptors (Lipinski definition) is 2. The Labute approximate surface area is 135 Å². The molecule has 0 aromatic rings. The maximum atomic E-state index is 5.04. The average molecular weight is 245 g/mol. The van der Waals surface area contributed by atoms with Gasteiger partial charge < -0.3 is 4.74 Å². The Morgan fingerprint density at radius 3 is 2.23 bits per heavy atom. The minimum atomic E-state index is 0. The van der Waals surface area contributed by atoms with E-state index in [1.807, 2.05) is 0 Å². The number of thiol groups is 1. The molecular formula is C9H18KOS2. The van der Waals surface area contributed by atoms with Gasteiger partial charge in [-0.3, -0.25) is 0 Å². The van der Waals surface area contributed by atoms with Crippen molar-refractivity contribution in [2.75, 3.05) is 6.61 Å². The number of ether oxygens (including phenoxy) is 1. The van der Waals surface area contributed by atoms with Gasteiger partial charge in [-0.25, -0.2) is 0 Å². The van der Waals surface area contributed by atoms with Gasteiger partial charge in [0.05, 0.1) is 6.61 Å². The predicted octanol–water partition coefficient (Wildman–Crippen LogP) is 3.20. The largest absolute Gasteiger partial charge is 0.479 e. The third kappa shape index (κ3) is 16.5. The van der Waals surface area contributed by atoms with Gasteiger partial charge in [0.2, 0.25) is 4.38 Å². The normalized spacial score (nSPS) is 9.08. The number of hydrogen-bond donors (Lipinski definition) is 1. The van der Waals surface area contributed by atoms with Crippen molar-refractivity contribution in [2.24, 2.45) is 0 Å². The SMILES string of the molecule is CCCCCCCCOC(=S)S.[K]. The second-order valence-electron chi connectivity index (χ2n) is 2.88. The van der Waals surface area contributed by atoms with Crippen molar-refractivity contribution in [1.29, 1.82) is 0 Å². The molecule has 0 bridgehead atoms. The van der Waals surface area contributed by atoms with Gasteiger partial charge in [-0.2, -0.15) is 0 Å². The van der Waals surface area contributed by atoms with Crippen molar-refractivity contribution < 1.29 is 4.74 Å². The van der Waals surface area contributed by atoms with Crippen molar-refractivity contribution in [3.8, 4) is 0 Å². The number of thiocarbonyl (C=S) groups is 1. The molecule has 73 valence electrons. The van der Waals surface area contributed by atoms with Gasteiger partial charge >= 0.3 is 0 Å². The summed E-state index contributed by atoms with van der Waals surface area (Å²) in [6.45, 7) is 2.96. The Bertz CT molecular complexity index is 120. The van der Waals surface area contributed by atoms with Crippen LogP contribution in [0.15, 0.2) is 0 Å². The molecule has 0 aromatic heterocycles. The van der Waals surface area contributed by atoms with Crippen LogP contribution in [0.5, 0.6) is 0 Å². The molecule has 0 N–H and O–H groups in total. The van der Waals surface area contributed by atoms with Crippen LogP contribution in [0.4, 0.5) is 0 Å². The first-order chi connectivity index (χ1) is 5.77. The van der Waals surface area contributed by atoms with Gasteiger partial charge in [0, 0.05) is 51.4 Å². The Balaban J connectivity index is 0. The quantitative estimate of drug-likeness (QED) is 0.319. The smallest absolute Gasteiger partial charge is 0.216 e. The topological polar surface area (TPSA) is 9.23 Å². The van der Waals surface area contributed by atoms with Gasteiger partial charge in [-0.15, -0.1) is 0 Å². The summed E-state index contributed by atoms with van der Waals surface area (Å²) >= 11 is 8.52. The molecule has 0 aliphatic rings. The molecule has 0 rings (SSSR count). The minimum Gasteiger partial charge on any atom is -0.479 e. The predicted molar refractivity (Wildman–Crippen MR) is 66.7 cm³/mol. The van der Waals surface area contributed by atoms with Crippen LogP contribution in [0, 0.1) is 0 Å². The molecule has 0 fully saturated rings. The summed E-state index contributed by atoms with van der Waals surface area (Å²) in [7, 11) is 0. The van der Waals surface area contributed by atoms with Gasteiger partial charge in [0.15, 0.2) is 0 Å². The van der Waals surface area contributed by atoms with Crippen LogP contribution in [0.1, 0.15) is 45.4 Å². The fraction of sp³-hybridized carbons (Fsp3) is 0.889. The average Bonchev–Trinajstić information content (AvgIpc) is 2.02. The van der Waals surface area contributed by atoms with Crippen molar-refractivity contribution >= 4 is 80.6 Å². The van der Waals surface area contributed by atoms with Crippen molar-refractivity contribution in [1.82, 2.24) is 0 Å². The summed E-state index contributed by atoms with van der Waals surface area (Å²) < 4.78 is 5.41. The molecule has 0 saturated heterocycles. The Morgan fingerprint density at radius 2 is 1.69 bits per heavy atom. The molecule has 0 spiro atoms. The monoisotopic (exact) mass is 245 g/mol. The van der Waals surface area contributed by atoms with Crippen molar-refractivity contribution in [3.05, 3.63) is 0 Å². The van der Waals surface area contributed by atoms with Crippen LogP contribution >= 0.6 is 24.8 Å². The maximum Gasteiger partial charge on any atom is 0.216 e. The van der Waals surface area contributed by atoms with E-state index >= 15 is 0 Å². The summed E-state index contributed by atoms with van der Waals surface area (Å²) in [5.74, 6) is 0. The summed E-state index contributed by atoms with van der Waals surface area (Å²) in [6, 6.07) is 0. The van der Waals surface area contributed by atoms with Crippen molar-refractivity contribution in [3.63, 3.8) is 0 Å². The summed E-state index contributed by atoms with van der Waals surface area (Å²) in [5.41, 5.74) is 0. The molecule has 0 aliphatic carbocycles. The zero-order valence-electron chi connectivity index (χ0n) is 8.71. The van der Waals surface area contributed by atoms with E-state index in [1.165, 1.54) is 32.1 Å². The van der Waals surface area contributed by atoms with E-state index in [0.717, 1.165) is 13.0 Å². The van der Waals surface area contributed by atoms with Gasteiger partial charge in [-0.1, -0.05) is 51.7 Å². The molecule has 1 nitrogen and oxygen atoms in total. The second kappa shape index (κ2) is 13.9. The van der Waals surface area contributed by atoms with E-state index < -0.39 is 0 Å². The van der Waals surface area contributed by atoms with E-state index in [9.17, 15) is 0 Å². The number of unbranched alkanes of at least 4 members (excludes halogenated alkanes) is 5. The molecule has 0 aromatic carbocycles. The van der Waals surface area contributed by atoms with E-state index in [2.05, 4.69) is 31.8 Å². The van der Waals surface area contributed by atoms with E-state index in [-0.39, 0.29) is 51.4 Å². The molecule has 1 radical (unpaired) electrons. The Morgan fingerprint density at radius 1 is 1.15 bits per heavy atom. The standard InChI is InChI=1S/C9H18OS2.K/c1-2-3-4-5-6-7-8-10-9(11)12;/h2-8H2,1H3,(H,11,12);. The van der Waals surface area contributed by atoms with Gasteiger partial charge in [0.1, 0.15) is 0 Å². The van der Waals surface area contributed by atoms with Crippen LogP contribution in [-0.4, -0.2) is 62.4 Å². The first kappa shape index (κ1) is 17.3. The zero-order valence-corrected chi connectivity index (χ0v) is 13.5. The molecule has 0 heterocycles. The third-order valence-corrected chi connectivity index (χ3v) is 1.97. The van der Waals surface area contributed by atoms with Crippen LogP contribution in [-0.2, 0) is 4.74 Å². The van der Waals surface area contributed by atoms with E-state index in [4.69, 9.17) is 4.74 Å². The first-order valence-corrected chi connectivity index (χ1v) is 5.48. The molecule has 0 atom stereocenters. The Kier molecular flexibility index (Phi) is 18.4. The third-order valence-electron chi connectivity index (χ3n) is 1.72. The van der Waals surface area contributed by atoms with E-state index in [0.29, 0.717) is 4.38 Å². The van der Waals surface area contributed by atoms with Crippen LogP contribution < -0.4 is 0 Å².